The average Bonchev–Trinajstić information content (AvgIpc) is 2.56. The number of nitrogens with zero attached hydrogens (tertiary/aromatic N) is 1. The van der Waals surface area contributed by atoms with E-state index < -0.39 is 0 Å². The Kier molecular flexibility index (Phi) is 7.54. The van der Waals surface area contributed by atoms with Gasteiger partial charge in [-0.15, -0.1) is 0 Å². The predicted molar refractivity (Wildman–Crippen MR) is 88.7 cm³/mol. The van der Waals surface area contributed by atoms with E-state index in [0.29, 0.717) is 5.75 Å². The lowest BCUT2D eigenvalue weighted by Crippen LogP contribution is -2.31. The molecule has 124 valence electrons. The number of likely N-dealkylation sites (tertiary alicyclic amines) is 1. The molecule has 1 aliphatic heterocycles. The molecule has 0 bridgehead atoms. The highest BCUT2D eigenvalue weighted by atomic mass is 16.5. The lowest BCUT2D eigenvalue weighted by atomic mass is 10.1. The maximum Gasteiger partial charge on any atom is 0.160 e. The summed E-state index contributed by atoms with van der Waals surface area (Å²) < 4.78 is 10.8. The second-order valence-corrected chi connectivity index (χ2v) is 5.98. The number of hydrogen-bond acceptors (Lipinski definition) is 4. The molecule has 0 amide bonds. The van der Waals surface area contributed by atoms with Crippen molar-refractivity contribution in [2.75, 3.05) is 40.0 Å². The van der Waals surface area contributed by atoms with E-state index in [4.69, 9.17) is 9.47 Å². The molecule has 0 saturated carbocycles. The molecule has 1 saturated heterocycles. The molecule has 22 heavy (non-hydrogen) atoms. The van der Waals surface area contributed by atoms with Gasteiger partial charge in [-0.2, -0.15) is 0 Å². The smallest absolute Gasteiger partial charge is 0.160 e. The summed E-state index contributed by atoms with van der Waals surface area (Å²) in [5.74, 6) is 0.736. The van der Waals surface area contributed by atoms with Crippen molar-refractivity contribution in [1.29, 1.82) is 0 Å². The molecular formula is C18H29NO3. The normalized spacial score (nSPS) is 15.9. The summed E-state index contributed by atoms with van der Waals surface area (Å²) in [4.78, 5) is 2.55. The highest BCUT2D eigenvalue weighted by Crippen LogP contribution is 2.26. The van der Waals surface area contributed by atoms with Gasteiger partial charge in [0.05, 0.1) is 7.11 Å². The Labute approximate surface area is 134 Å². The number of benzene rings is 1. The number of methoxy groups -OCH3 is 1. The number of rotatable bonds is 9. The Bertz CT molecular complexity index is 430. The molecule has 2 rings (SSSR count). The topological polar surface area (TPSA) is 41.9 Å². The first-order valence-corrected chi connectivity index (χ1v) is 8.45. The largest absolute Gasteiger partial charge is 0.504 e. The molecule has 1 N–H and O–H groups in total. The van der Waals surface area contributed by atoms with Crippen molar-refractivity contribution in [3.05, 3.63) is 23.8 Å². The fourth-order valence-corrected chi connectivity index (χ4v) is 2.93. The quantitative estimate of drug-likeness (QED) is 0.711. The van der Waals surface area contributed by atoms with Crippen LogP contribution in [0.3, 0.4) is 0 Å². The van der Waals surface area contributed by atoms with Crippen LogP contribution in [-0.2, 0) is 11.2 Å². The number of aromatic hydroxyl groups is 1. The molecule has 1 fully saturated rings. The third-order valence-electron chi connectivity index (χ3n) is 4.21. The summed E-state index contributed by atoms with van der Waals surface area (Å²) >= 11 is 0. The van der Waals surface area contributed by atoms with Crippen molar-refractivity contribution in [3.63, 3.8) is 0 Å². The summed E-state index contributed by atoms with van der Waals surface area (Å²) in [5.41, 5.74) is 1.17. The first kappa shape index (κ1) is 17.1. The van der Waals surface area contributed by atoms with E-state index in [0.717, 1.165) is 32.5 Å². The first-order valence-electron chi connectivity index (χ1n) is 8.45. The van der Waals surface area contributed by atoms with Crippen molar-refractivity contribution in [1.82, 2.24) is 4.90 Å². The molecule has 1 aromatic rings. The molecule has 0 unspecified atom stereocenters. The van der Waals surface area contributed by atoms with E-state index in [1.807, 2.05) is 12.1 Å². The van der Waals surface area contributed by atoms with Gasteiger partial charge >= 0.3 is 0 Å². The molecule has 0 aromatic heterocycles. The van der Waals surface area contributed by atoms with Crippen LogP contribution < -0.4 is 4.74 Å². The molecule has 4 nitrogen and oxygen atoms in total. The van der Waals surface area contributed by atoms with Crippen molar-refractivity contribution >= 4 is 0 Å². The van der Waals surface area contributed by atoms with Gasteiger partial charge in [0.15, 0.2) is 11.5 Å². The Morgan fingerprint density at radius 3 is 2.64 bits per heavy atom. The van der Waals surface area contributed by atoms with Gasteiger partial charge in [-0.3, -0.25) is 0 Å². The summed E-state index contributed by atoms with van der Waals surface area (Å²) in [7, 11) is 1.57. The predicted octanol–water partition coefficient (Wildman–Crippen LogP) is 3.23. The van der Waals surface area contributed by atoms with E-state index in [9.17, 15) is 5.11 Å². The van der Waals surface area contributed by atoms with Gasteiger partial charge < -0.3 is 19.5 Å². The highest BCUT2D eigenvalue weighted by Gasteiger charge is 2.08. The highest BCUT2D eigenvalue weighted by molar-refractivity contribution is 5.41. The number of phenols is 1. The van der Waals surface area contributed by atoms with Gasteiger partial charge in [0.2, 0.25) is 0 Å². The van der Waals surface area contributed by atoms with Gasteiger partial charge in [-0.05, 0) is 62.9 Å². The zero-order chi connectivity index (χ0) is 15.6. The lowest BCUT2D eigenvalue weighted by molar-refractivity contribution is 0.115. The first-order chi connectivity index (χ1) is 10.8. The fraction of sp³-hybridized carbons (Fsp3) is 0.667. The van der Waals surface area contributed by atoms with E-state index in [1.165, 1.54) is 44.5 Å². The van der Waals surface area contributed by atoms with Crippen LogP contribution in [0.1, 0.15) is 37.7 Å². The van der Waals surface area contributed by atoms with E-state index >= 15 is 0 Å². The van der Waals surface area contributed by atoms with Crippen molar-refractivity contribution in [2.24, 2.45) is 0 Å². The van der Waals surface area contributed by atoms with Crippen molar-refractivity contribution in [2.45, 2.75) is 38.5 Å². The Morgan fingerprint density at radius 2 is 1.86 bits per heavy atom. The van der Waals surface area contributed by atoms with Gasteiger partial charge in [-0.25, -0.2) is 0 Å². The molecule has 1 heterocycles. The monoisotopic (exact) mass is 307 g/mol. The number of phenolic OH excluding ortho intramolecular Hbond substituents is 1. The Morgan fingerprint density at radius 1 is 1.09 bits per heavy atom. The van der Waals surface area contributed by atoms with Crippen LogP contribution in [-0.4, -0.2) is 50.0 Å². The lowest BCUT2D eigenvalue weighted by Gasteiger charge is -2.26. The molecule has 0 radical (unpaired) electrons. The number of aryl methyl sites for hydroxylation is 1. The van der Waals surface area contributed by atoms with Crippen LogP contribution in [0.25, 0.3) is 0 Å². The van der Waals surface area contributed by atoms with Crippen LogP contribution in [0.15, 0.2) is 18.2 Å². The number of piperidine rings is 1. The van der Waals surface area contributed by atoms with Crippen LogP contribution in [0, 0.1) is 0 Å². The summed E-state index contributed by atoms with van der Waals surface area (Å²) in [6.07, 6.45) is 7.19. The molecule has 4 heteroatoms. The van der Waals surface area contributed by atoms with Crippen LogP contribution >= 0.6 is 0 Å². The molecular weight excluding hydrogens is 278 g/mol. The van der Waals surface area contributed by atoms with Crippen molar-refractivity contribution in [3.8, 4) is 11.5 Å². The second-order valence-electron chi connectivity index (χ2n) is 5.98. The molecule has 0 atom stereocenters. The SMILES string of the molecule is COc1cc(CCCOCCCN2CCCCC2)ccc1O. The van der Waals surface area contributed by atoms with Gasteiger partial charge in [0.1, 0.15) is 0 Å². The molecule has 1 aliphatic rings. The second kappa shape index (κ2) is 9.70. The van der Waals surface area contributed by atoms with E-state index in [-0.39, 0.29) is 5.75 Å². The minimum absolute atomic E-state index is 0.195. The van der Waals surface area contributed by atoms with Crippen LogP contribution in [0.4, 0.5) is 0 Å². The van der Waals surface area contributed by atoms with E-state index in [1.54, 1.807) is 13.2 Å². The average molecular weight is 307 g/mol. The zero-order valence-corrected chi connectivity index (χ0v) is 13.7. The summed E-state index contributed by atoms with van der Waals surface area (Å²) in [6, 6.07) is 5.52. The van der Waals surface area contributed by atoms with Gasteiger partial charge in [0.25, 0.3) is 0 Å². The third kappa shape index (κ3) is 5.85. The minimum Gasteiger partial charge on any atom is -0.504 e. The van der Waals surface area contributed by atoms with Gasteiger partial charge in [0, 0.05) is 19.8 Å². The van der Waals surface area contributed by atoms with Crippen LogP contribution in [0.2, 0.25) is 0 Å². The minimum atomic E-state index is 0.195. The Balaban J connectivity index is 1.52. The fourth-order valence-electron chi connectivity index (χ4n) is 2.93. The van der Waals surface area contributed by atoms with Crippen molar-refractivity contribution < 1.29 is 14.6 Å². The number of hydrogen-bond donors (Lipinski definition) is 1. The van der Waals surface area contributed by atoms with Gasteiger partial charge in [-0.1, -0.05) is 12.5 Å². The standard InChI is InChI=1S/C18H29NO3/c1-21-18-15-16(8-9-17(18)20)7-5-13-22-14-6-12-19-10-3-2-4-11-19/h8-9,15,20H,2-7,10-14H2,1H3. The number of ether oxygens (including phenoxy) is 2. The van der Waals surface area contributed by atoms with E-state index in [2.05, 4.69) is 4.90 Å². The molecule has 1 aromatic carbocycles. The summed E-state index contributed by atoms with van der Waals surface area (Å²) in [5, 5.41) is 9.56. The molecule has 0 spiro atoms. The maximum atomic E-state index is 9.56. The molecule has 0 aliphatic carbocycles. The summed E-state index contributed by atoms with van der Waals surface area (Å²) in [6.45, 7) is 5.36. The zero-order valence-electron chi connectivity index (χ0n) is 13.7. The third-order valence-corrected chi connectivity index (χ3v) is 4.21. The Hall–Kier alpha value is -1.26. The van der Waals surface area contributed by atoms with Crippen LogP contribution in [0.5, 0.6) is 11.5 Å². The maximum absolute atomic E-state index is 9.56.